The quantitative estimate of drug-likeness (QED) is 0.581. The van der Waals surface area contributed by atoms with Crippen molar-refractivity contribution < 1.29 is 32.2 Å². The van der Waals surface area contributed by atoms with Crippen molar-refractivity contribution in [1.82, 2.24) is 4.90 Å². The Balaban J connectivity index is 2.85. The molecule has 0 aromatic rings. The monoisotopic (exact) mass is 295 g/mol. The van der Waals surface area contributed by atoms with Crippen LogP contribution in [-0.2, 0) is 19.1 Å². The van der Waals surface area contributed by atoms with Crippen LogP contribution in [0.5, 0.6) is 0 Å². The molecule has 0 aliphatic carbocycles. The minimum Gasteiger partial charge on any atom is -0.464 e. The lowest BCUT2D eigenvalue weighted by molar-refractivity contribution is -0.161. The normalized spacial score (nSPS) is 20.8. The maximum Gasteiger partial charge on any atom is 0.412 e. The lowest BCUT2D eigenvalue weighted by Gasteiger charge is -2.33. The predicted molar refractivity (Wildman–Crippen MR) is 62.8 cm³/mol. The molecule has 114 valence electrons. The molecule has 0 saturated carbocycles. The molecule has 8 heteroatoms. The number of esters is 1. The Labute approximate surface area is 114 Å². The van der Waals surface area contributed by atoms with Crippen LogP contribution in [0, 0.1) is 0 Å². The van der Waals surface area contributed by atoms with E-state index in [0.717, 1.165) is 11.8 Å². The van der Waals surface area contributed by atoms with Gasteiger partial charge in [-0.2, -0.15) is 13.2 Å². The number of allylic oxidation sites excluding steroid dienone is 1. The molecule has 5 nitrogen and oxygen atoms in total. The molecule has 0 aromatic carbocycles. The van der Waals surface area contributed by atoms with E-state index in [9.17, 15) is 22.8 Å². The summed E-state index contributed by atoms with van der Waals surface area (Å²) in [4.78, 5) is 24.6. The van der Waals surface area contributed by atoms with Crippen LogP contribution in [0.25, 0.3) is 0 Å². The summed E-state index contributed by atoms with van der Waals surface area (Å²) in [7, 11) is 0. The summed E-state index contributed by atoms with van der Waals surface area (Å²) in [5, 5.41) is 0. The molecule has 0 radical (unpaired) electrons. The number of halogens is 3. The zero-order valence-corrected chi connectivity index (χ0v) is 11.2. The minimum absolute atomic E-state index is 0.0456. The maximum absolute atomic E-state index is 12.4. The summed E-state index contributed by atoms with van der Waals surface area (Å²) in [5.74, 6) is -1.56. The van der Waals surface area contributed by atoms with Crippen LogP contribution in [-0.4, -0.2) is 55.4 Å². The first-order valence-corrected chi connectivity index (χ1v) is 6.07. The molecule has 1 aliphatic heterocycles. The van der Waals surface area contributed by atoms with Crippen LogP contribution < -0.4 is 0 Å². The first-order chi connectivity index (χ1) is 9.27. The Kier molecular flexibility index (Phi) is 5.55. The first kappa shape index (κ1) is 16.5. The Morgan fingerprint density at radius 1 is 1.45 bits per heavy atom. The molecule has 20 heavy (non-hydrogen) atoms. The summed E-state index contributed by atoms with van der Waals surface area (Å²) in [6.07, 6.45) is -4.08. The number of rotatable bonds is 3. The van der Waals surface area contributed by atoms with Gasteiger partial charge in [-0.15, -0.1) is 0 Å². The Morgan fingerprint density at radius 2 is 2.10 bits per heavy atom. The highest BCUT2D eigenvalue weighted by molar-refractivity contribution is 5.92. The SMILES string of the molecule is CCOC(=O)C1COCCN1C(=O)/C=C(\C)C(F)(F)F. The van der Waals surface area contributed by atoms with E-state index in [4.69, 9.17) is 9.47 Å². The zero-order valence-electron chi connectivity index (χ0n) is 11.2. The van der Waals surface area contributed by atoms with E-state index in [-0.39, 0.29) is 26.4 Å². The van der Waals surface area contributed by atoms with Crippen LogP contribution in [0.3, 0.4) is 0 Å². The lowest BCUT2D eigenvalue weighted by Crippen LogP contribution is -2.52. The summed E-state index contributed by atoms with van der Waals surface area (Å²) in [6.45, 7) is 2.65. The van der Waals surface area contributed by atoms with Crippen LogP contribution >= 0.6 is 0 Å². The molecule has 1 rings (SSSR count). The van der Waals surface area contributed by atoms with Gasteiger partial charge in [0, 0.05) is 18.2 Å². The van der Waals surface area contributed by atoms with Crippen molar-refractivity contribution in [2.24, 2.45) is 0 Å². The summed E-state index contributed by atoms with van der Waals surface area (Å²) in [6, 6.07) is -1.01. The van der Waals surface area contributed by atoms with Crippen molar-refractivity contribution in [3.63, 3.8) is 0 Å². The Hall–Kier alpha value is -1.57. The number of hydrogen-bond donors (Lipinski definition) is 0. The van der Waals surface area contributed by atoms with E-state index in [1.165, 1.54) is 0 Å². The molecule has 1 saturated heterocycles. The Morgan fingerprint density at radius 3 is 2.65 bits per heavy atom. The average Bonchev–Trinajstić information content (AvgIpc) is 2.37. The van der Waals surface area contributed by atoms with Crippen LogP contribution in [0.4, 0.5) is 13.2 Å². The molecular formula is C12H16F3NO4. The fraction of sp³-hybridized carbons (Fsp3) is 0.667. The highest BCUT2D eigenvalue weighted by Gasteiger charge is 2.35. The highest BCUT2D eigenvalue weighted by atomic mass is 19.4. The van der Waals surface area contributed by atoms with Gasteiger partial charge in [0.2, 0.25) is 5.91 Å². The number of nitrogens with zero attached hydrogens (tertiary/aromatic N) is 1. The van der Waals surface area contributed by atoms with Crippen molar-refractivity contribution in [1.29, 1.82) is 0 Å². The van der Waals surface area contributed by atoms with Gasteiger partial charge < -0.3 is 14.4 Å². The molecule has 1 fully saturated rings. The third kappa shape index (κ3) is 4.22. The number of morpholine rings is 1. The highest BCUT2D eigenvalue weighted by Crippen LogP contribution is 2.25. The first-order valence-electron chi connectivity index (χ1n) is 6.07. The molecular weight excluding hydrogens is 279 g/mol. The van der Waals surface area contributed by atoms with E-state index < -0.39 is 29.7 Å². The van der Waals surface area contributed by atoms with Gasteiger partial charge in [-0.05, 0) is 13.8 Å². The van der Waals surface area contributed by atoms with Crippen molar-refractivity contribution in [3.05, 3.63) is 11.6 Å². The van der Waals surface area contributed by atoms with E-state index >= 15 is 0 Å². The molecule has 1 amide bonds. The number of amides is 1. The molecule has 1 aliphatic rings. The number of hydrogen-bond acceptors (Lipinski definition) is 4. The summed E-state index contributed by atoms with van der Waals surface area (Å²) < 4.78 is 47.0. The van der Waals surface area contributed by atoms with Gasteiger partial charge in [0.1, 0.15) is 0 Å². The van der Waals surface area contributed by atoms with Gasteiger partial charge >= 0.3 is 12.1 Å². The molecule has 0 aromatic heterocycles. The van der Waals surface area contributed by atoms with Crippen molar-refractivity contribution in [3.8, 4) is 0 Å². The second-order valence-electron chi connectivity index (χ2n) is 4.20. The molecule has 0 bridgehead atoms. The summed E-state index contributed by atoms with van der Waals surface area (Å²) in [5.41, 5.74) is -1.02. The van der Waals surface area contributed by atoms with Gasteiger partial charge in [-0.1, -0.05) is 0 Å². The lowest BCUT2D eigenvalue weighted by atomic mass is 10.2. The van der Waals surface area contributed by atoms with E-state index in [2.05, 4.69) is 0 Å². The third-order valence-corrected chi connectivity index (χ3v) is 2.76. The van der Waals surface area contributed by atoms with E-state index in [1.807, 2.05) is 0 Å². The van der Waals surface area contributed by atoms with Crippen molar-refractivity contribution >= 4 is 11.9 Å². The molecule has 0 spiro atoms. The number of carbonyl (C=O) groups excluding carboxylic acids is 2. The fourth-order valence-corrected chi connectivity index (χ4v) is 1.65. The largest absolute Gasteiger partial charge is 0.464 e. The van der Waals surface area contributed by atoms with Gasteiger partial charge in [-0.25, -0.2) is 4.79 Å². The Bertz CT molecular complexity index is 406. The van der Waals surface area contributed by atoms with Crippen LogP contribution in [0.1, 0.15) is 13.8 Å². The standard InChI is InChI=1S/C12H16F3NO4/c1-3-20-11(18)9-7-19-5-4-16(9)10(17)6-8(2)12(13,14)15/h6,9H,3-5,7H2,1-2H3/b8-6+. The molecule has 1 atom stereocenters. The van der Waals surface area contributed by atoms with Gasteiger partial charge in [0.05, 0.1) is 19.8 Å². The maximum atomic E-state index is 12.4. The predicted octanol–water partition coefficient (Wildman–Crippen LogP) is 1.29. The van der Waals surface area contributed by atoms with Crippen LogP contribution in [0.2, 0.25) is 0 Å². The number of ether oxygens (including phenoxy) is 2. The fourth-order valence-electron chi connectivity index (χ4n) is 1.65. The van der Waals surface area contributed by atoms with Gasteiger partial charge in [0.25, 0.3) is 0 Å². The summed E-state index contributed by atoms with van der Waals surface area (Å²) >= 11 is 0. The van der Waals surface area contributed by atoms with Crippen LogP contribution in [0.15, 0.2) is 11.6 Å². The molecule has 1 unspecified atom stereocenters. The molecule has 1 heterocycles. The van der Waals surface area contributed by atoms with Crippen molar-refractivity contribution in [2.75, 3.05) is 26.4 Å². The van der Waals surface area contributed by atoms with Gasteiger partial charge in [0.15, 0.2) is 6.04 Å². The average molecular weight is 295 g/mol. The molecule has 0 N–H and O–H groups in total. The smallest absolute Gasteiger partial charge is 0.412 e. The zero-order chi connectivity index (χ0) is 15.3. The second-order valence-corrected chi connectivity index (χ2v) is 4.20. The van der Waals surface area contributed by atoms with E-state index in [0.29, 0.717) is 6.08 Å². The van der Waals surface area contributed by atoms with Crippen molar-refractivity contribution in [2.45, 2.75) is 26.1 Å². The number of carbonyl (C=O) groups is 2. The van der Waals surface area contributed by atoms with E-state index in [1.54, 1.807) is 6.92 Å². The third-order valence-electron chi connectivity index (χ3n) is 2.76. The second kappa shape index (κ2) is 6.74. The number of alkyl halides is 3. The minimum atomic E-state index is -4.57. The topological polar surface area (TPSA) is 55.8 Å². The van der Waals surface area contributed by atoms with Gasteiger partial charge in [-0.3, -0.25) is 4.79 Å².